The van der Waals surface area contributed by atoms with Crippen LogP contribution in [0.15, 0.2) is 66.9 Å². The van der Waals surface area contributed by atoms with Gasteiger partial charge in [-0.25, -0.2) is 0 Å². The summed E-state index contributed by atoms with van der Waals surface area (Å²) in [5, 5.41) is 0. The second-order valence-corrected chi connectivity index (χ2v) is 6.18. The second-order valence-electron chi connectivity index (χ2n) is 6.18. The molecule has 0 fully saturated rings. The number of carbonyl (C=O) groups is 1. The predicted octanol–water partition coefficient (Wildman–Crippen LogP) is 4.37. The van der Waals surface area contributed by atoms with Crippen molar-refractivity contribution in [3.05, 3.63) is 94.8 Å². The number of nitrogens with zero attached hydrogens (tertiary/aromatic N) is 1. The molecule has 144 valence electrons. The van der Waals surface area contributed by atoms with E-state index >= 15 is 0 Å². The molecule has 3 rings (SSSR count). The van der Waals surface area contributed by atoms with Crippen molar-refractivity contribution in [2.24, 2.45) is 5.73 Å². The van der Waals surface area contributed by atoms with Gasteiger partial charge in [0.05, 0.1) is 5.56 Å². The number of pyridine rings is 1. The fourth-order valence-electron chi connectivity index (χ4n) is 2.70. The third-order valence-corrected chi connectivity index (χ3v) is 4.09. The molecule has 2 N–H and O–H groups in total. The largest absolute Gasteiger partial charge is 0.488 e. The van der Waals surface area contributed by atoms with Crippen LogP contribution in [0.4, 0.5) is 13.2 Å². The van der Waals surface area contributed by atoms with Crippen LogP contribution in [0, 0.1) is 0 Å². The third-order valence-electron chi connectivity index (χ3n) is 4.09. The molecule has 1 heterocycles. The number of para-hydroxylation sites is 1. The van der Waals surface area contributed by atoms with Gasteiger partial charge in [-0.05, 0) is 47.5 Å². The molecule has 0 saturated carbocycles. The van der Waals surface area contributed by atoms with Crippen LogP contribution < -0.4 is 10.5 Å². The Labute approximate surface area is 159 Å². The summed E-state index contributed by atoms with van der Waals surface area (Å²) in [5.74, 6) is -0.710. The Morgan fingerprint density at radius 2 is 1.71 bits per heavy atom. The van der Waals surface area contributed by atoms with Gasteiger partial charge >= 0.3 is 6.18 Å². The molecule has 0 saturated heterocycles. The molecule has 0 radical (unpaired) electrons. The third kappa shape index (κ3) is 4.88. The fourth-order valence-corrected chi connectivity index (χ4v) is 2.70. The van der Waals surface area contributed by atoms with Gasteiger partial charge in [0.1, 0.15) is 12.4 Å². The monoisotopic (exact) mass is 386 g/mol. The summed E-state index contributed by atoms with van der Waals surface area (Å²) in [4.78, 5) is 15.4. The Bertz CT molecular complexity index is 970. The number of hydrogen-bond donors (Lipinski definition) is 1. The number of carbonyl (C=O) groups excluding carboxylic acids is 1. The summed E-state index contributed by atoms with van der Waals surface area (Å²) in [5.41, 5.74) is 7.20. The molecule has 7 heteroatoms. The van der Waals surface area contributed by atoms with E-state index in [0.717, 1.165) is 17.3 Å². The van der Waals surface area contributed by atoms with Crippen LogP contribution in [-0.2, 0) is 19.2 Å². The van der Waals surface area contributed by atoms with Crippen molar-refractivity contribution < 1.29 is 22.7 Å². The Balaban J connectivity index is 1.70. The van der Waals surface area contributed by atoms with Gasteiger partial charge < -0.3 is 10.5 Å². The lowest BCUT2D eigenvalue weighted by Gasteiger charge is -2.14. The maximum atomic E-state index is 13.0. The van der Waals surface area contributed by atoms with Crippen molar-refractivity contribution in [2.75, 3.05) is 0 Å². The van der Waals surface area contributed by atoms with Crippen LogP contribution in [0.3, 0.4) is 0 Å². The Hall–Kier alpha value is -3.35. The SMILES string of the molecule is NC(=O)c1ccc(Cc2cc(COc3ccccc3C(F)(F)F)ccn2)cc1. The normalized spacial score (nSPS) is 11.2. The highest BCUT2D eigenvalue weighted by Gasteiger charge is 2.33. The van der Waals surface area contributed by atoms with Gasteiger partial charge in [0, 0.05) is 23.9 Å². The van der Waals surface area contributed by atoms with E-state index in [-0.39, 0.29) is 12.4 Å². The number of alkyl halides is 3. The van der Waals surface area contributed by atoms with Gasteiger partial charge in [-0.1, -0.05) is 24.3 Å². The number of primary amides is 1. The standard InChI is InChI=1S/C21H17F3N2O2/c22-21(23,24)18-3-1-2-4-19(18)28-13-15-9-10-26-17(12-15)11-14-5-7-16(8-6-14)20(25)27/h1-10,12H,11,13H2,(H2,25,27). The number of rotatable bonds is 6. The van der Waals surface area contributed by atoms with Crippen molar-refractivity contribution in [1.29, 1.82) is 0 Å². The van der Waals surface area contributed by atoms with E-state index in [1.807, 2.05) is 0 Å². The van der Waals surface area contributed by atoms with Crippen molar-refractivity contribution >= 4 is 5.91 Å². The van der Waals surface area contributed by atoms with Crippen molar-refractivity contribution in [2.45, 2.75) is 19.2 Å². The van der Waals surface area contributed by atoms with Gasteiger partial charge in [-0.15, -0.1) is 0 Å². The van der Waals surface area contributed by atoms with Gasteiger partial charge in [-0.3, -0.25) is 9.78 Å². The van der Waals surface area contributed by atoms with E-state index in [9.17, 15) is 18.0 Å². The second kappa shape index (κ2) is 8.12. The molecular formula is C21H17F3N2O2. The van der Waals surface area contributed by atoms with E-state index in [4.69, 9.17) is 10.5 Å². The lowest BCUT2D eigenvalue weighted by Crippen LogP contribution is -2.10. The quantitative estimate of drug-likeness (QED) is 0.684. The summed E-state index contributed by atoms with van der Waals surface area (Å²) in [7, 11) is 0. The van der Waals surface area contributed by atoms with Crippen LogP contribution >= 0.6 is 0 Å². The molecule has 28 heavy (non-hydrogen) atoms. The van der Waals surface area contributed by atoms with E-state index in [2.05, 4.69) is 4.98 Å². The van der Waals surface area contributed by atoms with Gasteiger partial charge in [0.15, 0.2) is 0 Å². The molecule has 4 nitrogen and oxygen atoms in total. The van der Waals surface area contributed by atoms with Crippen LogP contribution in [0.2, 0.25) is 0 Å². The van der Waals surface area contributed by atoms with E-state index in [1.165, 1.54) is 18.2 Å². The summed E-state index contributed by atoms with van der Waals surface area (Å²) >= 11 is 0. The maximum Gasteiger partial charge on any atom is 0.419 e. The Morgan fingerprint density at radius 1 is 1.00 bits per heavy atom. The lowest BCUT2D eigenvalue weighted by atomic mass is 10.1. The van der Waals surface area contributed by atoms with Crippen LogP contribution in [-0.4, -0.2) is 10.9 Å². The first-order valence-electron chi connectivity index (χ1n) is 8.44. The summed E-state index contributed by atoms with van der Waals surface area (Å²) in [6, 6.07) is 15.4. The molecular weight excluding hydrogens is 369 g/mol. The molecule has 1 amide bonds. The summed E-state index contributed by atoms with van der Waals surface area (Å²) < 4.78 is 44.5. The number of nitrogens with two attached hydrogens (primary N) is 1. The zero-order valence-corrected chi connectivity index (χ0v) is 14.7. The Kier molecular flexibility index (Phi) is 5.63. The molecule has 0 aliphatic rings. The molecule has 0 unspecified atom stereocenters. The number of aromatic nitrogens is 1. The van der Waals surface area contributed by atoms with E-state index in [1.54, 1.807) is 42.6 Å². The first-order chi connectivity index (χ1) is 13.3. The number of halogens is 3. The molecule has 0 aliphatic carbocycles. The summed E-state index contributed by atoms with van der Waals surface area (Å²) in [6.45, 7) is -0.0107. The van der Waals surface area contributed by atoms with Crippen molar-refractivity contribution in [3.63, 3.8) is 0 Å². The predicted molar refractivity (Wildman–Crippen MR) is 97.8 cm³/mol. The highest BCUT2D eigenvalue weighted by atomic mass is 19.4. The summed E-state index contributed by atoms with van der Waals surface area (Å²) in [6.07, 6.45) is -2.38. The highest BCUT2D eigenvalue weighted by Crippen LogP contribution is 2.36. The van der Waals surface area contributed by atoms with Crippen LogP contribution in [0.25, 0.3) is 0 Å². The zero-order valence-electron chi connectivity index (χ0n) is 14.7. The fraction of sp³-hybridized carbons (Fsp3) is 0.143. The van der Waals surface area contributed by atoms with Crippen molar-refractivity contribution in [3.8, 4) is 5.75 Å². The highest BCUT2D eigenvalue weighted by molar-refractivity contribution is 5.92. The number of hydrogen-bond acceptors (Lipinski definition) is 3. The van der Waals surface area contributed by atoms with Crippen molar-refractivity contribution in [1.82, 2.24) is 4.98 Å². The average Bonchev–Trinajstić information content (AvgIpc) is 2.67. The average molecular weight is 386 g/mol. The number of benzene rings is 2. The molecule has 1 aromatic heterocycles. The maximum absolute atomic E-state index is 13.0. The van der Waals surface area contributed by atoms with E-state index in [0.29, 0.717) is 17.5 Å². The number of ether oxygens (including phenoxy) is 1. The topological polar surface area (TPSA) is 65.2 Å². The first kappa shape index (κ1) is 19.4. The molecule has 0 bridgehead atoms. The molecule has 3 aromatic rings. The van der Waals surface area contributed by atoms with Gasteiger partial charge in [0.2, 0.25) is 5.91 Å². The van der Waals surface area contributed by atoms with Gasteiger partial charge in [-0.2, -0.15) is 13.2 Å². The molecule has 0 spiro atoms. The minimum atomic E-state index is -4.48. The lowest BCUT2D eigenvalue weighted by molar-refractivity contribution is -0.139. The molecule has 0 aliphatic heterocycles. The minimum absolute atomic E-state index is 0.0107. The molecule has 0 atom stereocenters. The zero-order chi connectivity index (χ0) is 20.1. The smallest absolute Gasteiger partial charge is 0.419 e. The Morgan fingerprint density at radius 3 is 2.39 bits per heavy atom. The van der Waals surface area contributed by atoms with Gasteiger partial charge in [0.25, 0.3) is 0 Å². The van der Waals surface area contributed by atoms with Crippen LogP contribution in [0.5, 0.6) is 5.75 Å². The first-order valence-corrected chi connectivity index (χ1v) is 8.44. The van der Waals surface area contributed by atoms with Crippen LogP contribution in [0.1, 0.15) is 32.7 Å². The van der Waals surface area contributed by atoms with E-state index < -0.39 is 17.6 Å². The molecule has 2 aromatic carbocycles. The minimum Gasteiger partial charge on any atom is -0.488 e. The number of amides is 1.